The molecule has 0 spiro atoms. The van der Waals surface area contributed by atoms with Gasteiger partial charge in [-0.2, -0.15) is 0 Å². The van der Waals surface area contributed by atoms with E-state index in [9.17, 15) is 4.79 Å². The van der Waals surface area contributed by atoms with Crippen LogP contribution in [-0.4, -0.2) is 19.7 Å². The Morgan fingerprint density at radius 2 is 2.21 bits per heavy atom. The molecule has 1 amide bonds. The lowest BCUT2D eigenvalue weighted by Crippen LogP contribution is -2.15. The lowest BCUT2D eigenvalue weighted by molar-refractivity contribution is 0.187. The van der Waals surface area contributed by atoms with Crippen LogP contribution in [0.1, 0.15) is 19.3 Å². The van der Waals surface area contributed by atoms with Gasteiger partial charge >= 0.3 is 6.09 Å². The van der Waals surface area contributed by atoms with Crippen molar-refractivity contribution in [3.8, 4) is 0 Å². The molecule has 0 aromatic heterocycles. The van der Waals surface area contributed by atoms with Crippen LogP contribution in [0.3, 0.4) is 0 Å². The number of carbonyl (C=O) groups is 1. The van der Waals surface area contributed by atoms with Crippen molar-refractivity contribution in [1.82, 2.24) is 0 Å². The molecule has 1 aliphatic rings. The van der Waals surface area contributed by atoms with Gasteiger partial charge in [-0.05, 0) is 43.4 Å². The summed E-state index contributed by atoms with van der Waals surface area (Å²) >= 11 is 0. The molecule has 19 heavy (non-hydrogen) atoms. The van der Waals surface area contributed by atoms with Crippen LogP contribution < -0.4 is 10.6 Å². The zero-order valence-electron chi connectivity index (χ0n) is 11.2. The predicted molar refractivity (Wildman–Crippen MR) is 77.4 cm³/mol. The quantitative estimate of drug-likeness (QED) is 0.813. The van der Waals surface area contributed by atoms with Gasteiger partial charge in [0.15, 0.2) is 0 Å². The van der Waals surface area contributed by atoms with E-state index in [1.165, 1.54) is 20.0 Å². The summed E-state index contributed by atoms with van der Waals surface area (Å²) in [5, 5.41) is 6.08. The van der Waals surface area contributed by atoms with Gasteiger partial charge < -0.3 is 10.1 Å². The third kappa shape index (κ3) is 4.32. The van der Waals surface area contributed by atoms with Crippen molar-refractivity contribution in [2.24, 2.45) is 5.92 Å². The van der Waals surface area contributed by atoms with Crippen molar-refractivity contribution >= 4 is 17.5 Å². The Kier molecular flexibility index (Phi) is 4.84. The lowest BCUT2D eigenvalue weighted by Gasteiger charge is -2.19. The monoisotopic (exact) mass is 260 g/mol. The Labute approximate surface area is 113 Å². The second kappa shape index (κ2) is 6.83. The molecule has 1 aliphatic carbocycles. The summed E-state index contributed by atoms with van der Waals surface area (Å²) in [4.78, 5) is 11.1. The predicted octanol–water partition coefficient (Wildman–Crippen LogP) is 3.63. The maximum Gasteiger partial charge on any atom is 0.411 e. The largest absolute Gasteiger partial charge is 0.453 e. The van der Waals surface area contributed by atoms with Crippen molar-refractivity contribution in [2.75, 3.05) is 24.3 Å². The molecule has 0 radical (unpaired) electrons. The van der Waals surface area contributed by atoms with Gasteiger partial charge in [0.25, 0.3) is 0 Å². The topological polar surface area (TPSA) is 50.4 Å². The molecule has 102 valence electrons. The lowest BCUT2D eigenvalue weighted by atomic mass is 9.94. The molecule has 0 saturated carbocycles. The molecule has 1 unspecified atom stereocenters. The van der Waals surface area contributed by atoms with Gasteiger partial charge in [0, 0.05) is 17.9 Å². The Balaban J connectivity index is 1.87. The third-order valence-corrected chi connectivity index (χ3v) is 3.27. The number of amides is 1. The first-order valence-electron chi connectivity index (χ1n) is 6.62. The van der Waals surface area contributed by atoms with Crippen LogP contribution in [0.2, 0.25) is 0 Å². The molecule has 2 N–H and O–H groups in total. The van der Waals surface area contributed by atoms with Crippen LogP contribution in [0, 0.1) is 5.92 Å². The number of nitrogens with one attached hydrogen (secondary N) is 2. The summed E-state index contributed by atoms with van der Waals surface area (Å²) in [5.74, 6) is 0.697. The first-order chi connectivity index (χ1) is 9.28. The Morgan fingerprint density at radius 3 is 2.95 bits per heavy atom. The van der Waals surface area contributed by atoms with Crippen molar-refractivity contribution in [1.29, 1.82) is 0 Å². The van der Waals surface area contributed by atoms with Gasteiger partial charge in [-0.25, -0.2) is 4.79 Å². The second-order valence-electron chi connectivity index (χ2n) is 4.73. The molecule has 4 heteroatoms. The Morgan fingerprint density at radius 1 is 1.37 bits per heavy atom. The van der Waals surface area contributed by atoms with E-state index in [0.29, 0.717) is 5.92 Å². The van der Waals surface area contributed by atoms with Gasteiger partial charge in [-0.15, -0.1) is 0 Å². The maximum atomic E-state index is 11.1. The highest BCUT2D eigenvalue weighted by Crippen LogP contribution is 2.20. The van der Waals surface area contributed by atoms with E-state index in [0.717, 1.165) is 24.3 Å². The Hall–Kier alpha value is -1.97. The molecule has 1 aromatic rings. The second-order valence-corrected chi connectivity index (χ2v) is 4.73. The number of ether oxygens (including phenoxy) is 1. The molecule has 0 aliphatic heterocycles. The van der Waals surface area contributed by atoms with Gasteiger partial charge in [-0.1, -0.05) is 18.2 Å². The van der Waals surface area contributed by atoms with Crippen molar-refractivity contribution < 1.29 is 9.53 Å². The number of hydrogen-bond donors (Lipinski definition) is 2. The third-order valence-electron chi connectivity index (χ3n) is 3.27. The van der Waals surface area contributed by atoms with E-state index < -0.39 is 6.09 Å². The van der Waals surface area contributed by atoms with E-state index >= 15 is 0 Å². The summed E-state index contributed by atoms with van der Waals surface area (Å²) in [6.07, 6.45) is 7.62. The summed E-state index contributed by atoms with van der Waals surface area (Å²) in [7, 11) is 1.36. The highest BCUT2D eigenvalue weighted by atomic mass is 16.5. The minimum Gasteiger partial charge on any atom is -0.453 e. The number of benzene rings is 1. The van der Waals surface area contributed by atoms with Crippen molar-refractivity contribution in [3.05, 3.63) is 36.4 Å². The molecule has 0 bridgehead atoms. The zero-order chi connectivity index (χ0) is 13.5. The van der Waals surface area contributed by atoms with Crippen molar-refractivity contribution in [3.63, 3.8) is 0 Å². The normalized spacial score (nSPS) is 17.8. The van der Waals surface area contributed by atoms with Crippen LogP contribution in [-0.2, 0) is 4.74 Å². The number of methoxy groups -OCH3 is 1. The fourth-order valence-corrected chi connectivity index (χ4v) is 2.18. The minimum absolute atomic E-state index is 0.449. The average molecular weight is 260 g/mol. The van der Waals surface area contributed by atoms with E-state index in [-0.39, 0.29) is 0 Å². The molecule has 1 aromatic carbocycles. The molecular weight excluding hydrogens is 240 g/mol. The molecule has 1 atom stereocenters. The Bertz CT molecular complexity index is 457. The summed E-state index contributed by atoms with van der Waals surface area (Å²) < 4.78 is 4.57. The highest BCUT2D eigenvalue weighted by molar-refractivity contribution is 5.85. The zero-order valence-corrected chi connectivity index (χ0v) is 11.2. The molecule has 0 fully saturated rings. The molecule has 2 rings (SSSR count). The molecule has 0 heterocycles. The van der Waals surface area contributed by atoms with E-state index in [2.05, 4.69) is 27.5 Å². The van der Waals surface area contributed by atoms with Crippen LogP contribution >= 0.6 is 0 Å². The minimum atomic E-state index is -0.449. The summed E-state index contributed by atoms with van der Waals surface area (Å²) in [5.41, 5.74) is 1.75. The number of allylic oxidation sites excluding steroid dienone is 2. The summed E-state index contributed by atoms with van der Waals surface area (Å²) in [6.45, 7) is 0.964. The fraction of sp³-hybridized carbons (Fsp3) is 0.400. The average Bonchev–Trinajstić information content (AvgIpc) is 2.46. The summed E-state index contributed by atoms with van der Waals surface area (Å²) in [6, 6.07) is 7.66. The van der Waals surface area contributed by atoms with E-state index in [4.69, 9.17) is 0 Å². The number of hydrogen-bond acceptors (Lipinski definition) is 3. The van der Waals surface area contributed by atoms with Crippen LogP contribution in [0.15, 0.2) is 36.4 Å². The van der Waals surface area contributed by atoms with Gasteiger partial charge in [0.2, 0.25) is 0 Å². The van der Waals surface area contributed by atoms with Gasteiger partial charge in [-0.3, -0.25) is 5.32 Å². The van der Waals surface area contributed by atoms with Crippen molar-refractivity contribution in [2.45, 2.75) is 19.3 Å². The molecule has 0 saturated heterocycles. The molecular formula is C15H20N2O2. The number of rotatable bonds is 4. The van der Waals surface area contributed by atoms with E-state index in [1.807, 2.05) is 24.3 Å². The van der Waals surface area contributed by atoms with E-state index in [1.54, 1.807) is 0 Å². The van der Waals surface area contributed by atoms with Crippen LogP contribution in [0.25, 0.3) is 0 Å². The highest BCUT2D eigenvalue weighted by Gasteiger charge is 2.09. The van der Waals surface area contributed by atoms with Gasteiger partial charge in [0.05, 0.1) is 7.11 Å². The van der Waals surface area contributed by atoms with Crippen LogP contribution in [0.5, 0.6) is 0 Å². The van der Waals surface area contributed by atoms with Gasteiger partial charge in [0.1, 0.15) is 0 Å². The first-order valence-corrected chi connectivity index (χ1v) is 6.62. The maximum absolute atomic E-state index is 11.1. The smallest absolute Gasteiger partial charge is 0.411 e. The number of anilines is 2. The molecule has 4 nitrogen and oxygen atoms in total. The fourth-order valence-electron chi connectivity index (χ4n) is 2.18. The number of carbonyl (C=O) groups excluding carboxylic acids is 1. The first kappa shape index (κ1) is 13.5. The SMILES string of the molecule is COC(=O)Nc1cccc(NCC2CC=CCC2)c1. The van der Waals surface area contributed by atoms with Crippen LogP contribution in [0.4, 0.5) is 16.2 Å². The standard InChI is InChI=1S/C15H20N2O2/c1-19-15(18)17-14-9-5-8-13(10-14)16-11-12-6-3-2-4-7-12/h2-3,5,8-10,12,16H,4,6-7,11H2,1H3,(H,17,18).